The lowest BCUT2D eigenvalue weighted by atomic mass is 9.97. The lowest BCUT2D eigenvalue weighted by molar-refractivity contribution is -0.384. The molecule has 0 spiro atoms. The van der Waals surface area contributed by atoms with E-state index in [4.69, 9.17) is 4.74 Å². The van der Waals surface area contributed by atoms with Crippen LogP contribution in [-0.2, 0) is 19.4 Å². The van der Waals surface area contributed by atoms with Crippen LogP contribution in [0.2, 0.25) is 0 Å². The van der Waals surface area contributed by atoms with Gasteiger partial charge in [0.25, 0.3) is 0 Å². The average molecular weight is 512 g/mol. The van der Waals surface area contributed by atoms with Gasteiger partial charge in [0.05, 0.1) is 27.2 Å². The van der Waals surface area contributed by atoms with Crippen LogP contribution in [0.4, 0.5) is 23.1 Å². The standard InChI is InChI=1S/C24H25N5O6S/c1-2-35-23(30)17-12-14-28(15-13-17)24-25-16-21(29(31)32)22(27-24)26-18-8-10-20(11-9-18)36(33,34)19-6-4-3-5-7-19/h3-11,16-17H,2,12-15H2,1H3,(H,25,26,27). The van der Waals surface area contributed by atoms with Gasteiger partial charge >= 0.3 is 11.7 Å². The molecule has 0 unspecified atom stereocenters. The van der Waals surface area contributed by atoms with Crippen molar-refractivity contribution >= 4 is 38.9 Å². The summed E-state index contributed by atoms with van der Waals surface area (Å²) in [5.74, 6) is -0.130. The Morgan fingerprint density at radius 3 is 2.36 bits per heavy atom. The molecule has 0 atom stereocenters. The number of esters is 1. The van der Waals surface area contributed by atoms with E-state index in [0.717, 1.165) is 6.20 Å². The van der Waals surface area contributed by atoms with Crippen LogP contribution in [0.5, 0.6) is 0 Å². The summed E-state index contributed by atoms with van der Waals surface area (Å²) in [6.07, 6.45) is 2.27. The average Bonchev–Trinajstić information content (AvgIpc) is 2.89. The molecule has 0 amide bonds. The van der Waals surface area contributed by atoms with Crippen LogP contribution >= 0.6 is 0 Å². The van der Waals surface area contributed by atoms with E-state index in [-0.39, 0.29) is 33.2 Å². The molecule has 0 radical (unpaired) electrons. The zero-order chi connectivity index (χ0) is 25.7. The van der Waals surface area contributed by atoms with Crippen LogP contribution in [0.1, 0.15) is 19.8 Å². The number of sulfone groups is 1. The predicted molar refractivity (Wildman–Crippen MR) is 132 cm³/mol. The van der Waals surface area contributed by atoms with Crippen molar-refractivity contribution in [1.82, 2.24) is 9.97 Å². The zero-order valence-corrected chi connectivity index (χ0v) is 20.3. The molecule has 0 saturated carbocycles. The smallest absolute Gasteiger partial charge is 0.329 e. The minimum atomic E-state index is -3.69. The van der Waals surface area contributed by atoms with Crippen LogP contribution in [0.3, 0.4) is 0 Å². The Hall–Kier alpha value is -4.06. The number of aromatic nitrogens is 2. The fourth-order valence-electron chi connectivity index (χ4n) is 3.91. The van der Waals surface area contributed by atoms with E-state index in [9.17, 15) is 23.3 Å². The topological polar surface area (TPSA) is 145 Å². The summed E-state index contributed by atoms with van der Waals surface area (Å²) in [7, 11) is -3.69. The number of ether oxygens (including phenoxy) is 1. The van der Waals surface area contributed by atoms with Crippen molar-refractivity contribution in [3.63, 3.8) is 0 Å². The largest absolute Gasteiger partial charge is 0.466 e. The number of carbonyl (C=O) groups is 1. The van der Waals surface area contributed by atoms with Gasteiger partial charge in [0, 0.05) is 18.8 Å². The minimum absolute atomic E-state index is 0.0174. The highest BCUT2D eigenvalue weighted by molar-refractivity contribution is 7.91. The van der Waals surface area contributed by atoms with Gasteiger partial charge in [-0.3, -0.25) is 14.9 Å². The highest BCUT2D eigenvalue weighted by atomic mass is 32.2. The zero-order valence-electron chi connectivity index (χ0n) is 19.5. The molecule has 1 aromatic heterocycles. The van der Waals surface area contributed by atoms with Gasteiger partial charge in [-0.15, -0.1) is 0 Å². The quantitative estimate of drug-likeness (QED) is 0.270. The van der Waals surface area contributed by atoms with Crippen molar-refractivity contribution in [1.29, 1.82) is 0 Å². The van der Waals surface area contributed by atoms with Crippen LogP contribution in [0.15, 0.2) is 70.6 Å². The third-order valence-corrected chi connectivity index (χ3v) is 7.62. The van der Waals surface area contributed by atoms with Crippen molar-refractivity contribution in [2.24, 2.45) is 5.92 Å². The van der Waals surface area contributed by atoms with E-state index in [2.05, 4.69) is 15.3 Å². The molecule has 0 aliphatic carbocycles. The molecule has 4 rings (SSSR count). The second kappa shape index (κ2) is 10.7. The lowest BCUT2D eigenvalue weighted by Gasteiger charge is -2.30. The third-order valence-electron chi connectivity index (χ3n) is 5.83. The summed E-state index contributed by atoms with van der Waals surface area (Å²) >= 11 is 0. The summed E-state index contributed by atoms with van der Waals surface area (Å²) in [6.45, 7) is 3.11. The Bertz CT molecular complexity index is 1340. The van der Waals surface area contributed by atoms with Gasteiger partial charge in [-0.05, 0) is 56.2 Å². The number of hydrogen-bond acceptors (Lipinski definition) is 10. The maximum Gasteiger partial charge on any atom is 0.329 e. The monoisotopic (exact) mass is 511 g/mol. The Kier molecular flexibility index (Phi) is 7.44. The number of anilines is 3. The number of rotatable bonds is 8. The van der Waals surface area contributed by atoms with Gasteiger partial charge in [-0.25, -0.2) is 13.4 Å². The molecular formula is C24H25N5O6S. The molecule has 36 heavy (non-hydrogen) atoms. The van der Waals surface area contributed by atoms with E-state index < -0.39 is 14.8 Å². The van der Waals surface area contributed by atoms with E-state index in [1.807, 2.05) is 4.90 Å². The summed E-state index contributed by atoms with van der Waals surface area (Å²) in [5, 5.41) is 14.5. The molecule has 1 aliphatic heterocycles. The second-order valence-corrected chi connectivity index (χ2v) is 10.1. The fraction of sp³-hybridized carbons (Fsp3) is 0.292. The highest BCUT2D eigenvalue weighted by Crippen LogP contribution is 2.30. The van der Waals surface area contributed by atoms with Crippen molar-refractivity contribution in [2.45, 2.75) is 29.6 Å². The molecule has 1 saturated heterocycles. The highest BCUT2D eigenvalue weighted by Gasteiger charge is 2.28. The SMILES string of the molecule is CCOC(=O)C1CCN(c2ncc([N+](=O)[O-])c(Nc3ccc(S(=O)(=O)c4ccccc4)cc3)n2)CC1. The molecule has 3 aromatic rings. The Morgan fingerprint density at radius 2 is 1.75 bits per heavy atom. The second-order valence-electron chi connectivity index (χ2n) is 8.14. The first-order valence-corrected chi connectivity index (χ1v) is 12.9. The van der Waals surface area contributed by atoms with Crippen LogP contribution in [-0.4, -0.2) is 49.0 Å². The van der Waals surface area contributed by atoms with Gasteiger partial charge in [0.2, 0.25) is 21.6 Å². The van der Waals surface area contributed by atoms with E-state index in [1.165, 1.54) is 36.4 Å². The van der Waals surface area contributed by atoms with Gasteiger partial charge in [0.15, 0.2) is 0 Å². The van der Waals surface area contributed by atoms with E-state index in [1.54, 1.807) is 25.1 Å². The van der Waals surface area contributed by atoms with Gasteiger partial charge in [-0.1, -0.05) is 18.2 Å². The minimum Gasteiger partial charge on any atom is -0.466 e. The summed E-state index contributed by atoms with van der Waals surface area (Å²) in [6, 6.07) is 14.0. The molecular weight excluding hydrogens is 486 g/mol. The molecule has 1 N–H and O–H groups in total. The number of hydrogen-bond donors (Lipinski definition) is 1. The molecule has 11 nitrogen and oxygen atoms in total. The van der Waals surface area contributed by atoms with E-state index >= 15 is 0 Å². The fourth-order valence-corrected chi connectivity index (χ4v) is 5.19. The van der Waals surface area contributed by atoms with Crippen LogP contribution in [0.25, 0.3) is 0 Å². The molecule has 12 heteroatoms. The Morgan fingerprint density at radius 1 is 1.11 bits per heavy atom. The third kappa shape index (κ3) is 5.43. The first kappa shape index (κ1) is 25.0. The number of nitrogens with zero attached hydrogens (tertiary/aromatic N) is 4. The molecule has 188 valence electrons. The molecule has 2 heterocycles. The predicted octanol–water partition coefficient (Wildman–Crippen LogP) is 3.74. The number of piperidine rings is 1. The normalized spacial score (nSPS) is 14.3. The number of nitrogens with one attached hydrogen (secondary N) is 1. The van der Waals surface area contributed by atoms with Crippen molar-refractivity contribution in [3.8, 4) is 0 Å². The maximum absolute atomic E-state index is 12.8. The number of benzene rings is 2. The van der Waals surface area contributed by atoms with Gasteiger partial charge in [0.1, 0.15) is 6.20 Å². The van der Waals surface area contributed by atoms with Crippen molar-refractivity contribution in [2.75, 3.05) is 29.9 Å². The molecule has 1 aliphatic rings. The first-order chi connectivity index (χ1) is 17.3. The van der Waals surface area contributed by atoms with Crippen molar-refractivity contribution in [3.05, 3.63) is 70.9 Å². The lowest BCUT2D eigenvalue weighted by Crippen LogP contribution is -2.38. The first-order valence-electron chi connectivity index (χ1n) is 11.4. The van der Waals surface area contributed by atoms with E-state index in [0.29, 0.717) is 44.2 Å². The number of nitro groups is 1. The van der Waals surface area contributed by atoms with Gasteiger partial charge in [-0.2, -0.15) is 4.98 Å². The maximum atomic E-state index is 12.8. The molecule has 0 bridgehead atoms. The Labute approximate surface area is 208 Å². The Balaban J connectivity index is 1.52. The summed E-state index contributed by atoms with van der Waals surface area (Å²) in [5.41, 5.74) is 0.108. The molecule has 2 aromatic carbocycles. The molecule has 1 fully saturated rings. The van der Waals surface area contributed by atoms with Gasteiger partial charge < -0.3 is 15.0 Å². The summed E-state index contributed by atoms with van der Waals surface area (Å²) in [4.78, 5) is 33.6. The van der Waals surface area contributed by atoms with Crippen LogP contribution < -0.4 is 10.2 Å². The van der Waals surface area contributed by atoms with Crippen molar-refractivity contribution < 1.29 is 22.9 Å². The van der Waals surface area contributed by atoms with Crippen LogP contribution in [0, 0.1) is 16.0 Å². The number of carbonyl (C=O) groups excluding carboxylic acids is 1. The summed E-state index contributed by atoms with van der Waals surface area (Å²) < 4.78 is 30.7.